The number of nitrogens with zero attached hydrogens (tertiary/aromatic N) is 1. The molecule has 0 fully saturated rings. The molecule has 1 atom stereocenters. The number of fused-ring (bicyclic) bond motifs is 1. The molecule has 126 valence electrons. The van der Waals surface area contributed by atoms with E-state index in [-0.39, 0.29) is 5.41 Å². The van der Waals surface area contributed by atoms with Gasteiger partial charge in [-0.2, -0.15) is 0 Å². The highest BCUT2D eigenvalue weighted by molar-refractivity contribution is 5.77. The van der Waals surface area contributed by atoms with Gasteiger partial charge in [0.15, 0.2) is 5.58 Å². The molecule has 1 unspecified atom stereocenters. The van der Waals surface area contributed by atoms with E-state index < -0.39 is 0 Å². The molecule has 2 aromatic carbocycles. The van der Waals surface area contributed by atoms with Crippen LogP contribution < -0.4 is 0 Å². The van der Waals surface area contributed by atoms with Gasteiger partial charge in [-0.25, -0.2) is 4.98 Å². The van der Waals surface area contributed by atoms with Crippen molar-refractivity contribution in [3.05, 3.63) is 54.1 Å². The summed E-state index contributed by atoms with van der Waals surface area (Å²) < 4.78 is 6.08. The van der Waals surface area contributed by atoms with E-state index in [0.29, 0.717) is 5.92 Å². The van der Waals surface area contributed by atoms with Crippen LogP contribution >= 0.6 is 0 Å². The summed E-state index contributed by atoms with van der Waals surface area (Å²) in [7, 11) is 0. The maximum Gasteiger partial charge on any atom is 0.227 e. The third-order valence-corrected chi connectivity index (χ3v) is 5.81. The summed E-state index contributed by atoms with van der Waals surface area (Å²) in [5, 5.41) is 0. The minimum atomic E-state index is 0.159. The predicted octanol–water partition coefficient (Wildman–Crippen LogP) is 6.60. The quantitative estimate of drug-likeness (QED) is 0.511. The van der Waals surface area contributed by atoms with E-state index in [9.17, 15) is 0 Å². The second-order valence-electron chi connectivity index (χ2n) is 6.70. The van der Waals surface area contributed by atoms with Gasteiger partial charge in [0.1, 0.15) is 5.52 Å². The molecule has 0 spiro atoms. The normalized spacial score (nSPS) is 13.3. The Morgan fingerprint density at radius 1 is 0.958 bits per heavy atom. The zero-order chi connectivity index (χ0) is 17.2. The Labute approximate surface area is 144 Å². The lowest BCUT2D eigenvalue weighted by Gasteiger charge is -2.39. The van der Waals surface area contributed by atoms with E-state index in [1.807, 2.05) is 24.3 Å². The van der Waals surface area contributed by atoms with Gasteiger partial charge in [-0.05, 0) is 47.9 Å². The first-order chi connectivity index (χ1) is 11.7. The molecule has 0 saturated heterocycles. The molecule has 0 aliphatic rings. The summed E-state index contributed by atoms with van der Waals surface area (Å²) in [5.41, 5.74) is 4.44. The average molecular weight is 321 g/mol. The first-order valence-electron chi connectivity index (χ1n) is 9.11. The second-order valence-corrected chi connectivity index (χ2v) is 6.70. The van der Waals surface area contributed by atoms with Gasteiger partial charge in [0.25, 0.3) is 0 Å². The number of benzene rings is 2. The molecule has 0 amide bonds. The number of hydrogen-bond acceptors (Lipinski definition) is 2. The molecule has 0 bridgehead atoms. The summed E-state index contributed by atoms with van der Waals surface area (Å²) in [6.45, 7) is 9.26. The number of aromatic nitrogens is 1. The zero-order valence-corrected chi connectivity index (χ0v) is 15.2. The van der Waals surface area contributed by atoms with Gasteiger partial charge in [-0.1, -0.05) is 64.4 Å². The van der Waals surface area contributed by atoms with Crippen molar-refractivity contribution in [1.82, 2.24) is 4.98 Å². The fourth-order valence-corrected chi connectivity index (χ4v) is 4.08. The van der Waals surface area contributed by atoms with Crippen LogP contribution in [0.5, 0.6) is 0 Å². The molecular formula is C22H27NO. The molecule has 3 rings (SSSR count). The predicted molar refractivity (Wildman–Crippen MR) is 101 cm³/mol. The molecule has 0 aliphatic carbocycles. The Morgan fingerprint density at radius 3 is 2.29 bits per heavy atom. The average Bonchev–Trinajstić information content (AvgIpc) is 3.07. The fraction of sp³-hybridized carbons (Fsp3) is 0.409. The van der Waals surface area contributed by atoms with Crippen molar-refractivity contribution >= 4 is 11.1 Å². The van der Waals surface area contributed by atoms with Crippen molar-refractivity contribution in [3.63, 3.8) is 0 Å². The van der Waals surface area contributed by atoms with Crippen LogP contribution in [0, 0.1) is 5.92 Å². The summed E-state index contributed by atoms with van der Waals surface area (Å²) in [4.78, 5) is 4.74. The van der Waals surface area contributed by atoms with Gasteiger partial charge in [0.2, 0.25) is 5.89 Å². The topological polar surface area (TPSA) is 26.0 Å². The molecule has 24 heavy (non-hydrogen) atoms. The van der Waals surface area contributed by atoms with Gasteiger partial charge < -0.3 is 4.42 Å². The Morgan fingerprint density at radius 2 is 1.62 bits per heavy atom. The van der Waals surface area contributed by atoms with Crippen LogP contribution in [0.4, 0.5) is 0 Å². The highest BCUT2D eigenvalue weighted by Gasteiger charge is 2.36. The van der Waals surface area contributed by atoms with Gasteiger partial charge in [-0.15, -0.1) is 0 Å². The first-order valence-corrected chi connectivity index (χ1v) is 9.11. The van der Waals surface area contributed by atoms with Crippen molar-refractivity contribution < 1.29 is 4.42 Å². The van der Waals surface area contributed by atoms with Crippen LogP contribution in [-0.4, -0.2) is 4.98 Å². The van der Waals surface area contributed by atoms with Crippen molar-refractivity contribution in [2.24, 2.45) is 5.92 Å². The van der Waals surface area contributed by atoms with Crippen molar-refractivity contribution in [1.29, 1.82) is 0 Å². The highest BCUT2D eigenvalue weighted by atomic mass is 16.3. The third kappa shape index (κ3) is 2.64. The standard InChI is InChI=1S/C22H27NO/c1-5-16(4)22(6-2,7-3)18-13-9-8-12-17(18)21-23-19-14-10-11-15-20(19)24-21/h8-16H,5-7H2,1-4H3. The lowest BCUT2D eigenvalue weighted by Crippen LogP contribution is -2.32. The van der Waals surface area contributed by atoms with E-state index >= 15 is 0 Å². The summed E-state index contributed by atoms with van der Waals surface area (Å²) in [6, 6.07) is 16.6. The van der Waals surface area contributed by atoms with Crippen molar-refractivity contribution in [2.45, 2.75) is 52.4 Å². The van der Waals surface area contributed by atoms with Crippen molar-refractivity contribution in [3.8, 4) is 11.5 Å². The van der Waals surface area contributed by atoms with Crippen molar-refractivity contribution in [2.75, 3.05) is 0 Å². The summed E-state index contributed by atoms with van der Waals surface area (Å²) in [6.07, 6.45) is 3.41. The largest absolute Gasteiger partial charge is 0.436 e. The lowest BCUT2D eigenvalue weighted by atomic mass is 9.65. The first kappa shape index (κ1) is 16.8. The van der Waals surface area contributed by atoms with Crippen LogP contribution in [0.1, 0.15) is 52.5 Å². The third-order valence-electron chi connectivity index (χ3n) is 5.81. The smallest absolute Gasteiger partial charge is 0.227 e. The molecular weight excluding hydrogens is 294 g/mol. The zero-order valence-electron chi connectivity index (χ0n) is 15.2. The summed E-state index contributed by atoms with van der Waals surface area (Å²) >= 11 is 0. The van der Waals surface area contributed by atoms with Gasteiger partial charge in [-0.3, -0.25) is 0 Å². The molecule has 2 heteroatoms. The Hall–Kier alpha value is -2.09. The van der Waals surface area contributed by atoms with Crippen LogP contribution in [-0.2, 0) is 5.41 Å². The maximum atomic E-state index is 6.08. The number of hydrogen-bond donors (Lipinski definition) is 0. The number of oxazole rings is 1. The van der Waals surface area contributed by atoms with Gasteiger partial charge >= 0.3 is 0 Å². The van der Waals surface area contributed by atoms with Crippen LogP contribution in [0.2, 0.25) is 0 Å². The molecule has 1 aromatic heterocycles. The van der Waals surface area contributed by atoms with Crippen LogP contribution in [0.25, 0.3) is 22.6 Å². The Balaban J connectivity index is 2.20. The monoisotopic (exact) mass is 321 g/mol. The molecule has 0 aliphatic heterocycles. The van der Waals surface area contributed by atoms with Crippen LogP contribution in [0.15, 0.2) is 52.9 Å². The van der Waals surface area contributed by atoms with E-state index in [1.165, 1.54) is 12.0 Å². The molecule has 0 saturated carbocycles. The number of para-hydroxylation sites is 2. The molecule has 3 aromatic rings. The van der Waals surface area contributed by atoms with Crippen LogP contribution in [0.3, 0.4) is 0 Å². The van der Waals surface area contributed by atoms with E-state index in [2.05, 4.69) is 52.0 Å². The van der Waals surface area contributed by atoms with E-state index in [1.54, 1.807) is 0 Å². The summed E-state index contributed by atoms with van der Waals surface area (Å²) in [5.74, 6) is 1.35. The Bertz CT molecular complexity index is 780. The Kier molecular flexibility index (Phi) is 4.75. The minimum absolute atomic E-state index is 0.159. The fourth-order valence-electron chi connectivity index (χ4n) is 4.08. The van der Waals surface area contributed by atoms with E-state index in [4.69, 9.17) is 9.40 Å². The SMILES string of the molecule is CCC(C)C(CC)(CC)c1ccccc1-c1nc2ccccc2o1. The van der Waals surface area contributed by atoms with Gasteiger partial charge in [0.05, 0.1) is 0 Å². The molecule has 0 N–H and O–H groups in total. The molecule has 1 heterocycles. The highest BCUT2D eigenvalue weighted by Crippen LogP contribution is 2.44. The maximum absolute atomic E-state index is 6.08. The minimum Gasteiger partial charge on any atom is -0.436 e. The van der Waals surface area contributed by atoms with E-state index in [0.717, 1.165) is 35.4 Å². The number of rotatable bonds is 6. The lowest BCUT2D eigenvalue weighted by molar-refractivity contribution is 0.258. The van der Waals surface area contributed by atoms with Gasteiger partial charge in [0, 0.05) is 5.56 Å². The molecule has 2 nitrogen and oxygen atoms in total. The second kappa shape index (κ2) is 6.80. The molecule has 0 radical (unpaired) electrons.